The Labute approximate surface area is 213 Å². The first-order valence-electron chi connectivity index (χ1n) is 12.8. The van der Waals surface area contributed by atoms with Crippen molar-refractivity contribution in [2.45, 2.75) is 45.4 Å². The van der Waals surface area contributed by atoms with Gasteiger partial charge in [0.15, 0.2) is 0 Å². The third-order valence-corrected chi connectivity index (χ3v) is 7.21. The van der Waals surface area contributed by atoms with E-state index < -0.39 is 6.03 Å². The number of ether oxygens (including phenoxy) is 1. The maximum Gasteiger partial charge on any atom is 0.328 e. The number of amides is 5. The molecule has 0 radical (unpaired) electrons. The zero-order chi connectivity index (χ0) is 26.1. The summed E-state index contributed by atoms with van der Waals surface area (Å²) in [5.41, 5.74) is 7.31. The van der Waals surface area contributed by atoms with Crippen LogP contribution in [-0.2, 0) is 14.4 Å². The highest BCUT2D eigenvalue weighted by atomic mass is 16.5. The molecule has 10 heteroatoms. The molecular weight excluding hydrogens is 462 g/mol. The summed E-state index contributed by atoms with van der Waals surface area (Å²) in [6.07, 6.45) is 6.11. The summed E-state index contributed by atoms with van der Waals surface area (Å²) in [5.74, 6) is 1.52. The second-order valence-electron chi connectivity index (χ2n) is 9.69. The summed E-state index contributed by atoms with van der Waals surface area (Å²) in [7, 11) is 1.56. The Morgan fingerprint density at radius 2 is 1.81 bits per heavy atom. The van der Waals surface area contributed by atoms with Gasteiger partial charge in [-0.1, -0.05) is 6.07 Å². The molecule has 1 aromatic carbocycles. The molecule has 3 aliphatic rings. The Hall–Kier alpha value is -3.14. The van der Waals surface area contributed by atoms with Crippen LogP contribution in [-0.4, -0.2) is 80.4 Å². The summed E-state index contributed by atoms with van der Waals surface area (Å²) >= 11 is 0. The number of nitrogens with two attached hydrogens (primary N) is 1. The van der Waals surface area contributed by atoms with E-state index in [1.54, 1.807) is 12.0 Å². The van der Waals surface area contributed by atoms with Crippen molar-refractivity contribution in [3.63, 3.8) is 0 Å². The lowest BCUT2D eigenvalue weighted by molar-refractivity contribution is -0.139. The number of carbonyl (C=O) groups is 4. The number of rotatable bonds is 6. The Balaban J connectivity index is 0.000000202. The van der Waals surface area contributed by atoms with Gasteiger partial charge < -0.3 is 20.3 Å². The number of carbonyl (C=O) groups excluding carboxylic acids is 4. The third kappa shape index (κ3) is 7.19. The first kappa shape index (κ1) is 27.4. The number of urea groups is 1. The molecule has 3 heterocycles. The van der Waals surface area contributed by atoms with Gasteiger partial charge in [0.05, 0.1) is 12.8 Å². The molecule has 3 N–H and O–H groups in total. The molecule has 10 nitrogen and oxygen atoms in total. The van der Waals surface area contributed by atoms with E-state index in [1.165, 1.54) is 4.90 Å². The van der Waals surface area contributed by atoms with Crippen LogP contribution in [0.1, 0.15) is 44.1 Å². The summed E-state index contributed by atoms with van der Waals surface area (Å²) in [6.45, 7) is 6.30. The second-order valence-corrected chi connectivity index (χ2v) is 9.69. The lowest BCUT2D eigenvalue weighted by Crippen LogP contribution is -2.49. The van der Waals surface area contributed by atoms with E-state index >= 15 is 0 Å². The van der Waals surface area contributed by atoms with Gasteiger partial charge in [0, 0.05) is 45.1 Å². The lowest BCUT2D eigenvalue weighted by atomic mass is 9.91. The quantitative estimate of drug-likeness (QED) is 0.574. The predicted molar refractivity (Wildman–Crippen MR) is 137 cm³/mol. The molecule has 1 aromatic rings. The van der Waals surface area contributed by atoms with E-state index in [0.717, 1.165) is 76.8 Å². The fraction of sp³-hybridized carbons (Fsp3) is 0.615. The number of piperidine rings is 2. The summed E-state index contributed by atoms with van der Waals surface area (Å²) in [5, 5.41) is 2.29. The van der Waals surface area contributed by atoms with Crippen LogP contribution in [0.3, 0.4) is 0 Å². The number of anilines is 1. The third-order valence-electron chi connectivity index (χ3n) is 7.21. The van der Waals surface area contributed by atoms with Gasteiger partial charge in [-0.05, 0) is 69.2 Å². The van der Waals surface area contributed by atoms with Gasteiger partial charge in [-0.25, -0.2) is 4.79 Å². The topological polar surface area (TPSA) is 125 Å². The molecule has 0 saturated carbocycles. The fourth-order valence-corrected chi connectivity index (χ4v) is 4.99. The van der Waals surface area contributed by atoms with Crippen LogP contribution in [0.15, 0.2) is 18.2 Å². The summed E-state index contributed by atoms with van der Waals surface area (Å²) in [6, 6.07) is 5.20. The van der Waals surface area contributed by atoms with Crippen molar-refractivity contribution < 1.29 is 23.9 Å². The number of methoxy groups -OCH3 is 1. The van der Waals surface area contributed by atoms with Crippen LogP contribution in [0.2, 0.25) is 0 Å². The average molecular weight is 502 g/mol. The van der Waals surface area contributed by atoms with Crippen LogP contribution in [0.5, 0.6) is 5.75 Å². The molecule has 5 amide bonds. The van der Waals surface area contributed by atoms with Crippen molar-refractivity contribution in [1.29, 1.82) is 0 Å². The molecule has 3 saturated heterocycles. The molecule has 0 bridgehead atoms. The van der Waals surface area contributed by atoms with E-state index in [4.69, 9.17) is 10.5 Å². The molecule has 0 unspecified atom stereocenters. The molecule has 0 aliphatic carbocycles. The molecule has 0 atom stereocenters. The van der Waals surface area contributed by atoms with Gasteiger partial charge in [0.1, 0.15) is 5.75 Å². The predicted octanol–water partition coefficient (Wildman–Crippen LogP) is 1.89. The van der Waals surface area contributed by atoms with Crippen molar-refractivity contribution in [2.24, 2.45) is 17.6 Å². The van der Waals surface area contributed by atoms with E-state index in [9.17, 15) is 19.2 Å². The Bertz CT molecular complexity index is 923. The van der Waals surface area contributed by atoms with Crippen molar-refractivity contribution in [3.8, 4) is 5.75 Å². The van der Waals surface area contributed by atoms with Crippen LogP contribution < -0.4 is 20.7 Å². The van der Waals surface area contributed by atoms with Gasteiger partial charge in [-0.3, -0.25) is 24.6 Å². The van der Waals surface area contributed by atoms with E-state index in [0.29, 0.717) is 36.2 Å². The fourth-order valence-electron chi connectivity index (χ4n) is 4.99. The second kappa shape index (κ2) is 13.2. The minimum atomic E-state index is -0.398. The Kier molecular flexibility index (Phi) is 10.1. The number of hydrogen-bond acceptors (Lipinski definition) is 6. The molecule has 0 aromatic heterocycles. The van der Waals surface area contributed by atoms with Crippen molar-refractivity contribution in [3.05, 3.63) is 23.8 Å². The monoisotopic (exact) mass is 501 g/mol. The van der Waals surface area contributed by atoms with Gasteiger partial charge in [-0.15, -0.1) is 0 Å². The number of hydrogen-bond donors (Lipinski definition) is 2. The van der Waals surface area contributed by atoms with Crippen LogP contribution in [0.25, 0.3) is 0 Å². The maximum absolute atomic E-state index is 12.4. The molecule has 3 aliphatic heterocycles. The van der Waals surface area contributed by atoms with Crippen LogP contribution >= 0.6 is 0 Å². The Morgan fingerprint density at radius 1 is 1.11 bits per heavy atom. The molecular formula is C26H39N5O5. The number of benzene rings is 1. The first-order valence-corrected chi connectivity index (χ1v) is 12.8. The van der Waals surface area contributed by atoms with Crippen molar-refractivity contribution in [1.82, 2.24) is 15.1 Å². The average Bonchev–Trinajstić information content (AvgIpc) is 2.89. The SMILES string of the molecule is COc1ccc(C)cc1N1CCC(=O)NC1=O.NCCC1CCN(C(=O)C2CCN(C=O)CC2)CC1. The van der Waals surface area contributed by atoms with Crippen LogP contribution in [0, 0.1) is 18.8 Å². The number of imide groups is 1. The zero-order valence-corrected chi connectivity index (χ0v) is 21.4. The van der Waals surface area contributed by atoms with E-state index in [1.807, 2.05) is 30.0 Å². The van der Waals surface area contributed by atoms with Gasteiger partial charge in [0.25, 0.3) is 0 Å². The number of nitrogens with zero attached hydrogens (tertiary/aromatic N) is 3. The minimum Gasteiger partial charge on any atom is -0.495 e. The van der Waals surface area contributed by atoms with Gasteiger partial charge >= 0.3 is 6.03 Å². The molecule has 3 fully saturated rings. The maximum atomic E-state index is 12.4. The van der Waals surface area contributed by atoms with Crippen molar-refractivity contribution in [2.75, 3.05) is 51.3 Å². The molecule has 4 rings (SSSR count). The Morgan fingerprint density at radius 3 is 2.39 bits per heavy atom. The summed E-state index contributed by atoms with van der Waals surface area (Å²) < 4.78 is 5.22. The highest BCUT2D eigenvalue weighted by molar-refractivity contribution is 6.06. The molecule has 0 spiro atoms. The van der Waals surface area contributed by atoms with Crippen molar-refractivity contribution >= 4 is 29.9 Å². The number of aryl methyl sites for hydroxylation is 1. The standard InChI is InChI=1S/C14H25N3O2.C12H14N2O3/c15-6-1-12-2-9-17(10-3-12)14(19)13-4-7-16(11-18)8-5-13;1-8-3-4-10(17-2)9(7-8)14-6-5-11(15)13-12(14)16/h11-13H,1-10,15H2;3-4,7H,5-6H2,1-2H3,(H,13,15,16). The minimum absolute atomic E-state index is 0.127. The first-order chi connectivity index (χ1) is 17.4. The lowest BCUT2D eigenvalue weighted by Gasteiger charge is -2.36. The summed E-state index contributed by atoms with van der Waals surface area (Å²) in [4.78, 5) is 51.2. The number of nitrogens with one attached hydrogen (secondary N) is 1. The zero-order valence-electron chi connectivity index (χ0n) is 21.4. The van der Waals surface area contributed by atoms with Gasteiger partial charge in [-0.2, -0.15) is 0 Å². The normalized spacial score (nSPS) is 19.4. The van der Waals surface area contributed by atoms with E-state index in [-0.39, 0.29) is 11.8 Å². The van der Waals surface area contributed by atoms with Crippen LogP contribution in [0.4, 0.5) is 10.5 Å². The smallest absolute Gasteiger partial charge is 0.328 e. The highest BCUT2D eigenvalue weighted by Crippen LogP contribution is 2.30. The number of likely N-dealkylation sites (tertiary alicyclic amines) is 2. The molecule has 198 valence electrons. The highest BCUT2D eigenvalue weighted by Gasteiger charge is 2.30. The van der Waals surface area contributed by atoms with E-state index in [2.05, 4.69) is 5.32 Å². The van der Waals surface area contributed by atoms with Gasteiger partial charge in [0.2, 0.25) is 18.2 Å². The molecule has 36 heavy (non-hydrogen) atoms. The largest absolute Gasteiger partial charge is 0.495 e.